The smallest absolute Gasteiger partial charge is 0.147 e. The monoisotopic (exact) mass is 184 g/mol. The molecule has 0 bridgehead atoms. The lowest BCUT2D eigenvalue weighted by atomic mass is 10.3. The number of nitrogens with zero attached hydrogens (tertiary/aromatic N) is 2. The minimum Gasteiger partial charge on any atom is -0.382 e. The summed E-state index contributed by atoms with van der Waals surface area (Å²) in [6.07, 6.45) is 5.98. The van der Waals surface area contributed by atoms with E-state index in [-0.39, 0.29) is 4.75 Å². The van der Waals surface area contributed by atoms with Gasteiger partial charge in [0.25, 0.3) is 0 Å². The van der Waals surface area contributed by atoms with Crippen LogP contribution < -0.4 is 11.6 Å². The van der Waals surface area contributed by atoms with Gasteiger partial charge >= 0.3 is 0 Å². The van der Waals surface area contributed by atoms with Gasteiger partial charge in [0.1, 0.15) is 17.8 Å². The summed E-state index contributed by atoms with van der Waals surface area (Å²) in [5, 5.41) is 0. The number of hydrogen-bond donors (Lipinski definition) is 2. The maximum absolute atomic E-state index is 5.77. The highest BCUT2D eigenvalue weighted by atomic mass is 32.2. The molecule has 4 nitrogen and oxygen atoms in total. The molecule has 1 saturated carbocycles. The molecule has 2 rings (SSSR count). The average Bonchev–Trinajstić information content (AvgIpc) is 2.79. The van der Waals surface area contributed by atoms with E-state index in [4.69, 9.17) is 11.6 Å². The second-order valence-corrected chi connectivity index (χ2v) is 4.27. The second kappa shape index (κ2) is 2.32. The Balaban J connectivity index is 2.40. The third kappa shape index (κ3) is 0.891. The van der Waals surface area contributed by atoms with Gasteiger partial charge in [0.2, 0.25) is 0 Å². The van der Waals surface area contributed by atoms with Crippen molar-refractivity contribution in [1.82, 2.24) is 9.66 Å². The van der Waals surface area contributed by atoms with Crippen molar-refractivity contribution in [2.45, 2.75) is 17.6 Å². The third-order valence-corrected chi connectivity index (χ3v) is 3.74. The van der Waals surface area contributed by atoms with Crippen molar-refractivity contribution in [2.75, 3.05) is 17.8 Å². The number of imidazole rings is 1. The van der Waals surface area contributed by atoms with E-state index in [0.717, 1.165) is 18.5 Å². The fourth-order valence-corrected chi connectivity index (χ4v) is 2.23. The predicted molar refractivity (Wildman–Crippen MR) is 51.2 cm³/mol. The molecule has 1 aromatic heterocycles. The summed E-state index contributed by atoms with van der Waals surface area (Å²) in [7, 11) is 0. The first-order valence-electron chi connectivity index (χ1n) is 3.83. The largest absolute Gasteiger partial charge is 0.382 e. The van der Waals surface area contributed by atoms with Gasteiger partial charge in [0.15, 0.2) is 0 Å². The van der Waals surface area contributed by atoms with Gasteiger partial charge in [-0.25, -0.2) is 9.66 Å². The summed E-state index contributed by atoms with van der Waals surface area (Å²) < 4.78 is 1.56. The average molecular weight is 184 g/mol. The van der Waals surface area contributed by atoms with Crippen molar-refractivity contribution in [1.29, 1.82) is 0 Å². The number of nitrogen functional groups attached to an aromatic ring is 2. The van der Waals surface area contributed by atoms with Crippen molar-refractivity contribution >= 4 is 17.6 Å². The molecule has 0 spiro atoms. The van der Waals surface area contributed by atoms with E-state index >= 15 is 0 Å². The van der Waals surface area contributed by atoms with Gasteiger partial charge < -0.3 is 11.6 Å². The minimum absolute atomic E-state index is 0.175. The fraction of sp³-hybridized carbons (Fsp3) is 0.571. The lowest BCUT2D eigenvalue weighted by molar-refractivity contribution is 0.978. The highest BCUT2D eigenvalue weighted by molar-refractivity contribution is 7.99. The Bertz CT molecular complexity index is 302. The van der Waals surface area contributed by atoms with E-state index in [2.05, 4.69) is 11.2 Å². The van der Waals surface area contributed by atoms with E-state index in [0.29, 0.717) is 5.82 Å². The van der Waals surface area contributed by atoms with Crippen LogP contribution in [0, 0.1) is 0 Å². The summed E-state index contributed by atoms with van der Waals surface area (Å²) in [6, 6.07) is 0. The van der Waals surface area contributed by atoms with Gasteiger partial charge in [-0.15, -0.1) is 0 Å². The van der Waals surface area contributed by atoms with Crippen LogP contribution in [-0.4, -0.2) is 15.9 Å². The van der Waals surface area contributed by atoms with E-state index in [9.17, 15) is 0 Å². The maximum Gasteiger partial charge on any atom is 0.147 e. The molecule has 5 heteroatoms. The van der Waals surface area contributed by atoms with Crippen LogP contribution in [0.5, 0.6) is 0 Å². The van der Waals surface area contributed by atoms with Crippen LogP contribution in [0.25, 0.3) is 0 Å². The molecule has 0 saturated heterocycles. The van der Waals surface area contributed by atoms with E-state index < -0.39 is 0 Å². The Morgan fingerprint density at radius 3 is 2.67 bits per heavy atom. The summed E-state index contributed by atoms with van der Waals surface area (Å²) in [5.74, 6) is 6.14. The second-order valence-electron chi connectivity index (χ2n) is 3.08. The highest BCUT2D eigenvalue weighted by Crippen LogP contribution is 2.56. The van der Waals surface area contributed by atoms with Crippen LogP contribution in [0.4, 0.5) is 5.82 Å². The zero-order chi connectivity index (χ0) is 8.77. The van der Waals surface area contributed by atoms with Gasteiger partial charge in [0.05, 0.1) is 4.75 Å². The molecular formula is C7H12N4S. The highest BCUT2D eigenvalue weighted by Gasteiger charge is 2.47. The topological polar surface area (TPSA) is 69.9 Å². The molecule has 1 heterocycles. The third-order valence-electron chi connectivity index (χ3n) is 2.36. The maximum atomic E-state index is 5.77. The van der Waals surface area contributed by atoms with E-state index in [1.165, 1.54) is 4.68 Å². The minimum atomic E-state index is 0.175. The number of anilines is 1. The Kier molecular flexibility index (Phi) is 1.51. The molecule has 1 aliphatic rings. The Hall–Kier alpha value is -0.840. The molecule has 1 aliphatic carbocycles. The summed E-state index contributed by atoms with van der Waals surface area (Å²) >= 11 is 1.81. The van der Waals surface area contributed by atoms with Crippen LogP contribution >= 0.6 is 11.8 Å². The first-order valence-corrected chi connectivity index (χ1v) is 5.05. The van der Waals surface area contributed by atoms with Crippen LogP contribution in [-0.2, 0) is 4.75 Å². The van der Waals surface area contributed by atoms with Crippen LogP contribution in [0.1, 0.15) is 18.5 Å². The molecule has 0 amide bonds. The summed E-state index contributed by atoms with van der Waals surface area (Å²) in [4.78, 5) is 4.21. The summed E-state index contributed by atoms with van der Waals surface area (Å²) in [6.45, 7) is 0. The molecule has 1 aromatic rings. The SMILES string of the molecule is CSC1(c2ncn(N)c2N)CC1. The first kappa shape index (κ1) is 7.79. The van der Waals surface area contributed by atoms with Crippen LogP contribution in [0.2, 0.25) is 0 Å². The molecule has 66 valence electrons. The normalized spacial score (nSPS) is 19.4. The number of aromatic nitrogens is 2. The van der Waals surface area contributed by atoms with Crippen LogP contribution in [0.3, 0.4) is 0 Å². The fourth-order valence-electron chi connectivity index (χ4n) is 1.37. The first-order chi connectivity index (χ1) is 5.69. The van der Waals surface area contributed by atoms with E-state index in [1.807, 2.05) is 11.8 Å². The Labute approximate surface area is 75.3 Å². The van der Waals surface area contributed by atoms with Gasteiger partial charge in [-0.05, 0) is 19.1 Å². The number of hydrogen-bond acceptors (Lipinski definition) is 4. The van der Waals surface area contributed by atoms with Crippen molar-refractivity contribution in [3.63, 3.8) is 0 Å². The number of rotatable bonds is 2. The molecule has 1 fully saturated rings. The molecule has 0 radical (unpaired) electrons. The molecule has 4 N–H and O–H groups in total. The molecule has 0 aliphatic heterocycles. The summed E-state index contributed by atoms with van der Waals surface area (Å²) in [5.41, 5.74) is 6.72. The zero-order valence-electron chi connectivity index (χ0n) is 6.95. The molecule has 12 heavy (non-hydrogen) atoms. The molecular weight excluding hydrogens is 172 g/mol. The van der Waals surface area contributed by atoms with Crippen LogP contribution in [0.15, 0.2) is 6.33 Å². The van der Waals surface area contributed by atoms with Gasteiger partial charge in [-0.1, -0.05) is 0 Å². The van der Waals surface area contributed by atoms with Crippen molar-refractivity contribution in [3.05, 3.63) is 12.0 Å². The predicted octanol–water partition coefficient (Wildman–Crippen LogP) is 0.531. The quantitative estimate of drug-likeness (QED) is 0.658. The zero-order valence-corrected chi connectivity index (χ0v) is 7.77. The molecule has 0 aromatic carbocycles. The van der Waals surface area contributed by atoms with Crippen molar-refractivity contribution < 1.29 is 0 Å². The lowest BCUT2D eigenvalue weighted by Crippen LogP contribution is -2.12. The van der Waals surface area contributed by atoms with Gasteiger partial charge in [0, 0.05) is 0 Å². The standard InChI is InChI=1S/C7H12N4S/c1-12-7(2-3-7)5-6(8)11(9)4-10-5/h4H,2-3,8-9H2,1H3. The molecule has 0 atom stereocenters. The van der Waals surface area contributed by atoms with Gasteiger partial charge in [-0.3, -0.25) is 0 Å². The lowest BCUT2D eigenvalue weighted by Gasteiger charge is -2.09. The van der Waals surface area contributed by atoms with Crippen molar-refractivity contribution in [2.24, 2.45) is 0 Å². The Morgan fingerprint density at radius 2 is 2.33 bits per heavy atom. The van der Waals surface area contributed by atoms with Crippen molar-refractivity contribution in [3.8, 4) is 0 Å². The number of nitrogens with two attached hydrogens (primary N) is 2. The molecule has 0 unspecified atom stereocenters. The van der Waals surface area contributed by atoms with E-state index in [1.54, 1.807) is 6.33 Å². The number of thioether (sulfide) groups is 1. The van der Waals surface area contributed by atoms with Gasteiger partial charge in [-0.2, -0.15) is 11.8 Å². The Morgan fingerprint density at radius 1 is 1.67 bits per heavy atom.